The second-order valence-electron chi connectivity index (χ2n) is 6.80. The molecule has 0 bridgehead atoms. The Kier molecular flexibility index (Phi) is 6.35. The largest absolute Gasteiger partial charge is 0.481 e. The van der Waals surface area contributed by atoms with E-state index in [0.29, 0.717) is 0 Å². The van der Waals surface area contributed by atoms with Gasteiger partial charge < -0.3 is 20.3 Å². The van der Waals surface area contributed by atoms with E-state index in [1.165, 1.54) is 0 Å². The summed E-state index contributed by atoms with van der Waals surface area (Å²) < 4.78 is 10.2. The number of aliphatic carboxylic acids is 1. The molecule has 0 radical (unpaired) electrons. The molecule has 0 heterocycles. The Morgan fingerprint density at radius 2 is 1.33 bits per heavy atom. The molecule has 0 aromatic heterocycles. The van der Waals surface area contributed by atoms with Crippen LogP contribution in [0.2, 0.25) is 0 Å². The molecule has 1 unspecified atom stereocenters. The maximum atomic E-state index is 12.0. The Balaban J connectivity index is 5.09. The molecule has 0 amide bonds. The van der Waals surface area contributed by atoms with Crippen molar-refractivity contribution in [2.24, 2.45) is 11.7 Å². The fourth-order valence-electron chi connectivity index (χ4n) is 1.46. The number of nitrogens with two attached hydrogens (primary N) is 1. The van der Waals surface area contributed by atoms with Crippen LogP contribution in [0.4, 0.5) is 0 Å². The van der Waals surface area contributed by atoms with Crippen LogP contribution in [0.25, 0.3) is 0 Å². The lowest BCUT2D eigenvalue weighted by molar-refractivity contribution is -0.170. The van der Waals surface area contributed by atoms with Crippen LogP contribution in [0.3, 0.4) is 0 Å². The van der Waals surface area contributed by atoms with Gasteiger partial charge in [-0.1, -0.05) is 0 Å². The van der Waals surface area contributed by atoms with Crippen molar-refractivity contribution in [2.45, 2.75) is 65.2 Å². The maximum Gasteiger partial charge on any atom is 0.324 e. The topological polar surface area (TPSA) is 116 Å². The van der Waals surface area contributed by atoms with E-state index in [0.717, 1.165) is 0 Å². The van der Waals surface area contributed by atoms with E-state index in [2.05, 4.69) is 0 Å². The van der Waals surface area contributed by atoms with Crippen molar-refractivity contribution in [3.05, 3.63) is 0 Å². The van der Waals surface area contributed by atoms with Gasteiger partial charge in [-0.3, -0.25) is 14.4 Å². The molecule has 0 aliphatic rings. The predicted molar refractivity (Wildman–Crippen MR) is 75.4 cm³/mol. The average Bonchev–Trinajstić information content (AvgIpc) is 2.19. The molecule has 0 aliphatic heterocycles. The predicted octanol–water partition coefficient (Wildman–Crippen LogP) is 1.09. The third-order valence-electron chi connectivity index (χ3n) is 2.22. The van der Waals surface area contributed by atoms with Gasteiger partial charge in [0.2, 0.25) is 0 Å². The number of hydrogen-bond donors (Lipinski definition) is 2. The Hall–Kier alpha value is -1.63. The van der Waals surface area contributed by atoms with Gasteiger partial charge in [-0.15, -0.1) is 0 Å². The first-order valence-corrected chi connectivity index (χ1v) is 6.66. The maximum absolute atomic E-state index is 12.0. The second kappa shape index (κ2) is 6.89. The Bertz CT molecular complexity index is 405. The van der Waals surface area contributed by atoms with Crippen molar-refractivity contribution in [2.75, 3.05) is 0 Å². The van der Waals surface area contributed by atoms with Crippen molar-refractivity contribution < 1.29 is 29.0 Å². The van der Waals surface area contributed by atoms with Crippen molar-refractivity contribution in [3.8, 4) is 0 Å². The monoisotopic (exact) mass is 303 g/mol. The highest BCUT2D eigenvalue weighted by Gasteiger charge is 2.38. The number of carbonyl (C=O) groups is 3. The van der Waals surface area contributed by atoms with Crippen LogP contribution in [0.15, 0.2) is 0 Å². The molecule has 0 saturated carbocycles. The number of ether oxygens (including phenoxy) is 2. The number of carboxylic acids is 1. The van der Waals surface area contributed by atoms with Crippen molar-refractivity contribution in [1.29, 1.82) is 0 Å². The molecule has 7 nitrogen and oxygen atoms in total. The summed E-state index contributed by atoms with van der Waals surface area (Å²) in [6.45, 7) is 9.87. The summed E-state index contributed by atoms with van der Waals surface area (Å²) in [6, 6.07) is -1.39. The highest BCUT2D eigenvalue weighted by atomic mass is 16.6. The van der Waals surface area contributed by atoms with Crippen LogP contribution < -0.4 is 5.73 Å². The summed E-state index contributed by atoms with van der Waals surface area (Å²) in [5, 5.41) is 8.88. The van der Waals surface area contributed by atoms with E-state index in [1.54, 1.807) is 41.5 Å². The molecule has 2 atom stereocenters. The number of hydrogen-bond acceptors (Lipinski definition) is 6. The van der Waals surface area contributed by atoms with Gasteiger partial charge in [0.1, 0.15) is 17.2 Å². The first-order chi connectivity index (χ1) is 9.23. The van der Waals surface area contributed by atoms with E-state index < -0.39 is 47.5 Å². The van der Waals surface area contributed by atoms with Gasteiger partial charge in [-0.2, -0.15) is 0 Å². The molecule has 0 saturated heterocycles. The molecule has 0 aromatic carbocycles. The molecule has 0 aromatic rings. The van der Waals surface area contributed by atoms with Gasteiger partial charge >= 0.3 is 17.9 Å². The molecule has 3 N–H and O–H groups in total. The molecule has 21 heavy (non-hydrogen) atoms. The Morgan fingerprint density at radius 3 is 1.67 bits per heavy atom. The summed E-state index contributed by atoms with van der Waals surface area (Å²) in [5.41, 5.74) is 4.11. The minimum absolute atomic E-state index is 0.602. The van der Waals surface area contributed by atoms with E-state index in [9.17, 15) is 14.4 Å². The third kappa shape index (κ3) is 8.29. The minimum atomic E-state index is -1.39. The Labute approximate surface area is 124 Å². The minimum Gasteiger partial charge on any atom is -0.481 e. The first-order valence-electron chi connectivity index (χ1n) is 6.66. The number of carbonyl (C=O) groups excluding carboxylic acids is 2. The lowest BCUT2D eigenvalue weighted by Gasteiger charge is -2.27. The fourth-order valence-corrected chi connectivity index (χ4v) is 1.46. The summed E-state index contributed by atoms with van der Waals surface area (Å²) in [5.74, 6) is -4.20. The summed E-state index contributed by atoms with van der Waals surface area (Å²) in [4.78, 5) is 34.8. The highest BCUT2D eigenvalue weighted by Crippen LogP contribution is 2.19. The summed E-state index contributed by atoms with van der Waals surface area (Å²) in [6.07, 6.45) is -0.602. The normalized spacial score (nSPS) is 15.0. The van der Waals surface area contributed by atoms with E-state index in [1.807, 2.05) is 0 Å². The quantitative estimate of drug-likeness (QED) is 0.730. The molecular formula is C14H25NO6. The molecule has 122 valence electrons. The van der Waals surface area contributed by atoms with Crippen LogP contribution in [-0.4, -0.2) is 40.3 Å². The summed E-state index contributed by atoms with van der Waals surface area (Å²) >= 11 is 0. The van der Waals surface area contributed by atoms with Crippen molar-refractivity contribution >= 4 is 17.9 Å². The van der Waals surface area contributed by atoms with Crippen LogP contribution in [-0.2, 0) is 23.9 Å². The van der Waals surface area contributed by atoms with E-state index >= 15 is 0 Å². The Morgan fingerprint density at radius 1 is 0.952 bits per heavy atom. The number of esters is 2. The van der Waals surface area contributed by atoms with Gasteiger partial charge in [0.05, 0.1) is 12.3 Å². The third-order valence-corrected chi connectivity index (χ3v) is 2.22. The molecule has 0 aliphatic carbocycles. The summed E-state index contributed by atoms with van der Waals surface area (Å²) in [7, 11) is 0. The standard InChI is InChI=1S/C14H25NO6/c1-13(2,3)20-11(18)8(7-9(16)17)10(15)12(19)21-14(4,5)6/h8,10H,7,15H2,1-6H3,(H,16,17)/t8?,10-/m0/s1. The van der Waals surface area contributed by atoms with Gasteiger partial charge in [0.25, 0.3) is 0 Å². The lowest BCUT2D eigenvalue weighted by Crippen LogP contribution is -2.47. The van der Waals surface area contributed by atoms with Gasteiger partial charge in [-0.25, -0.2) is 0 Å². The number of carboxylic acid groups (broad SMARTS) is 1. The zero-order chi connectivity index (χ0) is 17.0. The molecule has 0 rings (SSSR count). The van der Waals surface area contributed by atoms with Crippen LogP contribution in [0.1, 0.15) is 48.0 Å². The van der Waals surface area contributed by atoms with Crippen LogP contribution >= 0.6 is 0 Å². The van der Waals surface area contributed by atoms with E-state index in [4.69, 9.17) is 20.3 Å². The van der Waals surface area contributed by atoms with Gasteiger partial charge in [0.15, 0.2) is 0 Å². The smallest absolute Gasteiger partial charge is 0.324 e. The van der Waals surface area contributed by atoms with Crippen molar-refractivity contribution in [1.82, 2.24) is 0 Å². The van der Waals surface area contributed by atoms with Gasteiger partial charge in [-0.05, 0) is 41.5 Å². The molecular weight excluding hydrogens is 278 g/mol. The lowest BCUT2D eigenvalue weighted by atomic mass is 9.96. The molecule has 0 spiro atoms. The highest BCUT2D eigenvalue weighted by molar-refractivity contribution is 5.87. The van der Waals surface area contributed by atoms with Crippen molar-refractivity contribution in [3.63, 3.8) is 0 Å². The van der Waals surface area contributed by atoms with Crippen LogP contribution in [0, 0.1) is 5.92 Å². The fraction of sp³-hybridized carbons (Fsp3) is 0.786. The second-order valence-corrected chi connectivity index (χ2v) is 6.80. The molecule has 7 heteroatoms. The molecule has 0 fully saturated rings. The van der Waals surface area contributed by atoms with Gasteiger partial charge in [0, 0.05) is 0 Å². The number of rotatable bonds is 5. The zero-order valence-corrected chi connectivity index (χ0v) is 13.4. The first kappa shape index (κ1) is 19.4. The van der Waals surface area contributed by atoms with E-state index in [-0.39, 0.29) is 0 Å². The zero-order valence-electron chi connectivity index (χ0n) is 13.4. The van der Waals surface area contributed by atoms with Crippen LogP contribution in [0.5, 0.6) is 0 Å². The SMILES string of the molecule is CC(C)(C)OC(=O)C(CC(=O)O)[C@H](N)C(=O)OC(C)(C)C. The average molecular weight is 303 g/mol.